The average Bonchev–Trinajstić information content (AvgIpc) is 2.54. The van der Waals surface area contributed by atoms with Gasteiger partial charge in [-0.1, -0.05) is 11.6 Å². The minimum atomic E-state index is -4.56. The fourth-order valence-electron chi connectivity index (χ4n) is 1.68. The normalized spacial score (nSPS) is 11.9. The SMILES string of the molecule is Cc1cc(C)nc(-n2nc(C(F)(F)F)c(C)c2Cl)n1. The molecule has 0 saturated heterocycles. The Morgan fingerprint density at radius 2 is 1.63 bits per heavy atom. The minimum absolute atomic E-state index is 0.0288. The van der Waals surface area contributed by atoms with E-state index in [4.69, 9.17) is 11.6 Å². The van der Waals surface area contributed by atoms with Crippen molar-refractivity contribution in [1.82, 2.24) is 19.7 Å². The van der Waals surface area contributed by atoms with Crippen LogP contribution in [0.4, 0.5) is 13.2 Å². The Morgan fingerprint density at radius 1 is 1.11 bits per heavy atom. The Morgan fingerprint density at radius 3 is 2.05 bits per heavy atom. The molecule has 0 fully saturated rings. The van der Waals surface area contributed by atoms with E-state index in [0.717, 1.165) is 4.68 Å². The van der Waals surface area contributed by atoms with Gasteiger partial charge in [-0.3, -0.25) is 0 Å². The van der Waals surface area contributed by atoms with E-state index in [1.807, 2.05) is 0 Å². The van der Waals surface area contributed by atoms with Crippen LogP contribution in [0.2, 0.25) is 5.15 Å². The molecule has 0 bridgehead atoms. The second-order valence-corrected chi connectivity index (χ2v) is 4.48. The first-order valence-electron chi connectivity index (χ1n) is 5.35. The van der Waals surface area contributed by atoms with Crippen molar-refractivity contribution in [2.75, 3.05) is 0 Å². The van der Waals surface area contributed by atoms with Gasteiger partial charge in [-0.2, -0.15) is 23.0 Å². The van der Waals surface area contributed by atoms with Gasteiger partial charge in [0.25, 0.3) is 5.95 Å². The fraction of sp³-hybridized carbons (Fsp3) is 0.364. The molecule has 0 unspecified atom stereocenters. The largest absolute Gasteiger partial charge is 0.435 e. The highest BCUT2D eigenvalue weighted by atomic mass is 35.5. The van der Waals surface area contributed by atoms with E-state index in [1.165, 1.54) is 6.92 Å². The molecule has 0 aliphatic heterocycles. The summed E-state index contributed by atoms with van der Waals surface area (Å²) in [6.07, 6.45) is -4.56. The molecule has 2 aromatic heterocycles. The van der Waals surface area contributed by atoms with Crippen molar-refractivity contribution in [1.29, 1.82) is 0 Å². The van der Waals surface area contributed by atoms with Crippen molar-refractivity contribution in [3.8, 4) is 5.95 Å². The van der Waals surface area contributed by atoms with Crippen molar-refractivity contribution in [3.05, 3.63) is 33.9 Å². The maximum absolute atomic E-state index is 12.7. The predicted molar refractivity (Wildman–Crippen MR) is 63.4 cm³/mol. The smallest absolute Gasteiger partial charge is 0.216 e. The summed E-state index contributed by atoms with van der Waals surface area (Å²) in [6.45, 7) is 4.69. The second-order valence-electron chi connectivity index (χ2n) is 4.12. The second kappa shape index (κ2) is 4.48. The lowest BCUT2D eigenvalue weighted by Gasteiger charge is -2.04. The quantitative estimate of drug-likeness (QED) is 0.809. The molecule has 0 atom stereocenters. The summed E-state index contributed by atoms with van der Waals surface area (Å²) < 4.78 is 39.1. The monoisotopic (exact) mass is 290 g/mol. The zero-order valence-electron chi connectivity index (χ0n) is 10.4. The van der Waals surface area contributed by atoms with E-state index >= 15 is 0 Å². The summed E-state index contributed by atoms with van der Waals surface area (Å²) in [5, 5.41) is 3.33. The first kappa shape index (κ1) is 13.8. The van der Waals surface area contributed by atoms with Crippen LogP contribution in [0.3, 0.4) is 0 Å². The van der Waals surface area contributed by atoms with E-state index in [0.29, 0.717) is 11.4 Å². The van der Waals surface area contributed by atoms with Crippen molar-refractivity contribution in [3.63, 3.8) is 0 Å². The Kier molecular flexibility index (Phi) is 3.25. The molecule has 4 nitrogen and oxygen atoms in total. The van der Waals surface area contributed by atoms with Gasteiger partial charge in [0.05, 0.1) is 0 Å². The van der Waals surface area contributed by atoms with Gasteiger partial charge in [-0.05, 0) is 26.8 Å². The van der Waals surface area contributed by atoms with Gasteiger partial charge in [0.15, 0.2) is 5.69 Å². The number of hydrogen-bond donors (Lipinski definition) is 0. The van der Waals surface area contributed by atoms with Crippen molar-refractivity contribution >= 4 is 11.6 Å². The van der Waals surface area contributed by atoms with Crippen LogP contribution < -0.4 is 0 Å². The topological polar surface area (TPSA) is 43.6 Å². The molecular formula is C11H10ClF3N4. The third-order valence-corrected chi connectivity index (χ3v) is 2.92. The molecule has 2 rings (SSSR count). The molecule has 0 aromatic carbocycles. The van der Waals surface area contributed by atoms with Crippen LogP contribution in [0.25, 0.3) is 5.95 Å². The molecule has 8 heteroatoms. The summed E-state index contributed by atoms with van der Waals surface area (Å²) in [4.78, 5) is 8.08. The fourth-order valence-corrected chi connectivity index (χ4v) is 1.88. The molecule has 0 amide bonds. The number of aryl methyl sites for hydroxylation is 2. The highest BCUT2D eigenvalue weighted by Gasteiger charge is 2.38. The maximum Gasteiger partial charge on any atom is 0.435 e. The summed E-state index contributed by atoms with van der Waals surface area (Å²) in [6, 6.07) is 1.71. The van der Waals surface area contributed by atoms with E-state index in [-0.39, 0.29) is 16.7 Å². The van der Waals surface area contributed by atoms with Gasteiger partial charge in [-0.25, -0.2) is 9.97 Å². The molecule has 2 aromatic rings. The minimum Gasteiger partial charge on any atom is -0.216 e. The third kappa shape index (κ3) is 2.56. The highest BCUT2D eigenvalue weighted by molar-refractivity contribution is 6.30. The first-order valence-corrected chi connectivity index (χ1v) is 5.73. The first-order chi connectivity index (χ1) is 8.70. The van der Waals surface area contributed by atoms with Crippen LogP contribution in [0.1, 0.15) is 22.6 Å². The Hall–Kier alpha value is -1.63. The van der Waals surface area contributed by atoms with Gasteiger partial charge in [0, 0.05) is 17.0 Å². The highest BCUT2D eigenvalue weighted by Crippen LogP contribution is 2.34. The number of halogens is 4. The summed E-state index contributed by atoms with van der Waals surface area (Å²) in [5.74, 6) is 0.0288. The number of aromatic nitrogens is 4. The van der Waals surface area contributed by atoms with Crippen LogP contribution >= 0.6 is 11.6 Å². The number of rotatable bonds is 1. The van der Waals surface area contributed by atoms with Crippen LogP contribution in [0.5, 0.6) is 0 Å². The van der Waals surface area contributed by atoms with Crippen LogP contribution in [0, 0.1) is 20.8 Å². The van der Waals surface area contributed by atoms with Crippen LogP contribution in [-0.4, -0.2) is 19.7 Å². The molecular weight excluding hydrogens is 281 g/mol. The van der Waals surface area contributed by atoms with Crippen molar-refractivity contribution < 1.29 is 13.2 Å². The van der Waals surface area contributed by atoms with Gasteiger partial charge in [-0.15, -0.1) is 0 Å². The molecule has 0 saturated carbocycles. The molecule has 0 radical (unpaired) electrons. The van der Waals surface area contributed by atoms with E-state index in [9.17, 15) is 13.2 Å². The van der Waals surface area contributed by atoms with Gasteiger partial charge < -0.3 is 0 Å². The molecule has 0 N–H and O–H groups in total. The predicted octanol–water partition coefficient (Wildman–Crippen LogP) is 3.26. The summed E-state index contributed by atoms with van der Waals surface area (Å²) >= 11 is 5.88. The van der Waals surface area contributed by atoms with E-state index in [2.05, 4.69) is 15.1 Å². The van der Waals surface area contributed by atoms with Crippen molar-refractivity contribution in [2.45, 2.75) is 26.9 Å². The molecule has 2 heterocycles. The molecule has 0 aliphatic rings. The lowest BCUT2D eigenvalue weighted by atomic mass is 10.3. The standard InChI is InChI=1S/C11H10ClF3N4/c1-5-4-6(2)17-10(16-5)19-9(12)7(3)8(18-19)11(13,14)15/h4H,1-3H3. The summed E-state index contributed by atoms with van der Waals surface area (Å²) in [7, 11) is 0. The number of nitrogens with zero attached hydrogens (tertiary/aromatic N) is 4. The molecule has 0 aliphatic carbocycles. The number of hydrogen-bond acceptors (Lipinski definition) is 3. The molecule has 102 valence electrons. The van der Waals surface area contributed by atoms with E-state index in [1.54, 1.807) is 19.9 Å². The molecule has 0 spiro atoms. The van der Waals surface area contributed by atoms with Crippen LogP contribution in [-0.2, 0) is 6.18 Å². The average molecular weight is 291 g/mol. The Bertz CT molecular complexity index is 613. The molecule has 19 heavy (non-hydrogen) atoms. The van der Waals surface area contributed by atoms with Gasteiger partial charge in [0.1, 0.15) is 5.15 Å². The van der Waals surface area contributed by atoms with Gasteiger partial charge in [0.2, 0.25) is 0 Å². The van der Waals surface area contributed by atoms with Crippen LogP contribution in [0.15, 0.2) is 6.07 Å². The third-order valence-electron chi connectivity index (χ3n) is 2.48. The van der Waals surface area contributed by atoms with Gasteiger partial charge >= 0.3 is 6.18 Å². The van der Waals surface area contributed by atoms with Crippen molar-refractivity contribution in [2.24, 2.45) is 0 Å². The van der Waals surface area contributed by atoms with E-state index < -0.39 is 11.9 Å². The maximum atomic E-state index is 12.7. The Balaban J connectivity index is 2.64. The number of alkyl halides is 3. The zero-order valence-corrected chi connectivity index (χ0v) is 11.1. The lowest BCUT2D eigenvalue weighted by Crippen LogP contribution is -2.10. The summed E-state index contributed by atoms with van der Waals surface area (Å²) in [5.41, 5.74) is 0.0812. The zero-order chi connectivity index (χ0) is 14.4. The Labute approximate surface area is 112 Å². The lowest BCUT2D eigenvalue weighted by molar-refractivity contribution is -0.141.